The molecule has 0 bridgehead atoms. The zero-order valence-electron chi connectivity index (χ0n) is 15.4. The van der Waals surface area contributed by atoms with Gasteiger partial charge in [-0.15, -0.1) is 0 Å². The van der Waals surface area contributed by atoms with E-state index < -0.39 is 0 Å². The Bertz CT molecular complexity index is 1030. The van der Waals surface area contributed by atoms with Crippen LogP contribution < -0.4 is 15.4 Å². The number of anilines is 1. The summed E-state index contributed by atoms with van der Waals surface area (Å²) in [6, 6.07) is 16.1. The van der Waals surface area contributed by atoms with E-state index in [9.17, 15) is 0 Å². The van der Waals surface area contributed by atoms with Crippen LogP contribution in [0.15, 0.2) is 54.7 Å². The largest absolute Gasteiger partial charge is 0.496 e. The summed E-state index contributed by atoms with van der Waals surface area (Å²) in [5.41, 5.74) is 6.45. The van der Waals surface area contributed by atoms with Gasteiger partial charge in [-0.3, -0.25) is 5.41 Å². The van der Waals surface area contributed by atoms with Crippen molar-refractivity contribution in [3.05, 3.63) is 71.4 Å². The predicted octanol–water partition coefficient (Wildman–Crippen LogP) is 4.20. The topological polar surface area (TPSA) is 72.9 Å². The molecule has 136 valence electrons. The molecule has 0 radical (unpaired) electrons. The van der Waals surface area contributed by atoms with Crippen molar-refractivity contribution in [3.63, 3.8) is 0 Å². The van der Waals surface area contributed by atoms with E-state index in [2.05, 4.69) is 33.8 Å². The summed E-state index contributed by atoms with van der Waals surface area (Å²) >= 11 is 0. The zero-order valence-corrected chi connectivity index (χ0v) is 15.4. The highest BCUT2D eigenvalue weighted by molar-refractivity contribution is 5.99. The first-order valence-electron chi connectivity index (χ1n) is 8.87. The minimum Gasteiger partial charge on any atom is -0.496 e. The lowest BCUT2D eigenvalue weighted by atomic mass is 9.95. The molecule has 0 unspecified atom stereocenters. The lowest BCUT2D eigenvalue weighted by Gasteiger charge is -2.18. The fourth-order valence-corrected chi connectivity index (χ4v) is 3.43. The maximum atomic E-state index is 8.01. The second-order valence-electron chi connectivity index (χ2n) is 6.42. The molecular formula is C22H22N4O. The van der Waals surface area contributed by atoms with E-state index in [1.54, 1.807) is 14.2 Å². The second kappa shape index (κ2) is 7.03. The Morgan fingerprint density at radius 2 is 1.96 bits per heavy atom. The molecule has 5 nitrogen and oxygen atoms in total. The molecule has 2 aromatic carbocycles. The average Bonchev–Trinajstić information content (AvgIpc) is 3.16. The van der Waals surface area contributed by atoms with Crippen molar-refractivity contribution in [1.82, 2.24) is 10.3 Å². The van der Waals surface area contributed by atoms with Crippen LogP contribution in [0.25, 0.3) is 22.8 Å². The Morgan fingerprint density at radius 1 is 1.11 bits per heavy atom. The molecule has 0 saturated carbocycles. The Labute approximate surface area is 158 Å². The summed E-state index contributed by atoms with van der Waals surface area (Å²) in [6.07, 6.45) is 4.23. The van der Waals surface area contributed by atoms with Gasteiger partial charge in [0.05, 0.1) is 7.11 Å². The van der Waals surface area contributed by atoms with Gasteiger partial charge in [0.2, 0.25) is 0 Å². The number of nitrogens with one attached hydrogen (secondary N) is 4. The van der Waals surface area contributed by atoms with Crippen molar-refractivity contribution in [2.24, 2.45) is 0 Å². The number of aromatic nitrogens is 1. The summed E-state index contributed by atoms with van der Waals surface area (Å²) in [4.78, 5) is 3.33. The smallest absolute Gasteiger partial charge is 0.126 e. The van der Waals surface area contributed by atoms with Crippen LogP contribution in [0.1, 0.15) is 16.7 Å². The van der Waals surface area contributed by atoms with Gasteiger partial charge < -0.3 is 20.4 Å². The van der Waals surface area contributed by atoms with Crippen molar-refractivity contribution in [3.8, 4) is 16.9 Å². The van der Waals surface area contributed by atoms with Crippen LogP contribution in [0.4, 0.5) is 5.82 Å². The van der Waals surface area contributed by atoms with Gasteiger partial charge in [0, 0.05) is 42.0 Å². The first-order chi connectivity index (χ1) is 13.2. The number of hydrogen-bond acceptors (Lipinski definition) is 3. The maximum absolute atomic E-state index is 8.01. The third kappa shape index (κ3) is 3.08. The molecule has 4 N–H and O–H groups in total. The van der Waals surface area contributed by atoms with E-state index >= 15 is 0 Å². The van der Waals surface area contributed by atoms with Crippen LogP contribution in [-0.4, -0.2) is 31.5 Å². The summed E-state index contributed by atoms with van der Waals surface area (Å²) in [5.74, 6) is 2.28. The number of methoxy groups -OCH3 is 1. The standard InChI is InChI=1S/C22H22N4O/c1-24-21(23)15-7-5-6-14(10-15)16-11-18-19(13-26-22(18)25-12-16)17-8-3-4-9-20(17)27-2/h3-11,13,25-26H,12H2,1-2H3,(H2,23,24). The van der Waals surface area contributed by atoms with Gasteiger partial charge in [-0.1, -0.05) is 36.4 Å². The second-order valence-corrected chi connectivity index (χ2v) is 6.42. The van der Waals surface area contributed by atoms with Gasteiger partial charge in [-0.05, 0) is 29.3 Å². The van der Waals surface area contributed by atoms with E-state index in [4.69, 9.17) is 10.1 Å². The molecule has 4 rings (SSSR count). The van der Waals surface area contributed by atoms with Gasteiger partial charge in [-0.2, -0.15) is 0 Å². The first kappa shape index (κ1) is 17.0. The third-order valence-corrected chi connectivity index (χ3v) is 4.86. The fourth-order valence-electron chi connectivity index (χ4n) is 3.43. The first-order valence-corrected chi connectivity index (χ1v) is 8.87. The number of rotatable bonds is 4. The fraction of sp³-hybridized carbons (Fsp3) is 0.136. The molecule has 0 saturated heterocycles. The number of aromatic amines is 1. The predicted molar refractivity (Wildman–Crippen MR) is 111 cm³/mol. The molecule has 2 heterocycles. The minimum atomic E-state index is 0.415. The number of benzene rings is 2. The van der Waals surface area contributed by atoms with Crippen LogP contribution in [0.3, 0.4) is 0 Å². The van der Waals surface area contributed by atoms with Crippen LogP contribution in [-0.2, 0) is 0 Å². The van der Waals surface area contributed by atoms with Crippen molar-refractivity contribution in [1.29, 1.82) is 5.41 Å². The van der Waals surface area contributed by atoms with Crippen molar-refractivity contribution >= 4 is 23.3 Å². The number of H-pyrrole nitrogens is 1. The Balaban J connectivity index is 1.78. The molecule has 1 aromatic heterocycles. The number of hydrogen-bond donors (Lipinski definition) is 4. The average molecular weight is 358 g/mol. The Morgan fingerprint density at radius 3 is 2.78 bits per heavy atom. The molecular weight excluding hydrogens is 336 g/mol. The molecule has 0 spiro atoms. The van der Waals surface area contributed by atoms with Crippen LogP contribution in [0.5, 0.6) is 5.75 Å². The summed E-state index contributed by atoms with van der Waals surface area (Å²) in [7, 11) is 3.46. The van der Waals surface area contributed by atoms with Crippen molar-refractivity contribution < 1.29 is 4.74 Å². The van der Waals surface area contributed by atoms with E-state index in [-0.39, 0.29) is 0 Å². The quantitative estimate of drug-likeness (QED) is 0.417. The lowest BCUT2D eigenvalue weighted by Crippen LogP contribution is -2.18. The van der Waals surface area contributed by atoms with E-state index in [0.717, 1.165) is 45.9 Å². The number of amidine groups is 1. The molecule has 1 aliphatic heterocycles. The summed E-state index contributed by atoms with van der Waals surface area (Å²) in [5, 5.41) is 14.4. The van der Waals surface area contributed by atoms with E-state index in [1.165, 1.54) is 5.57 Å². The SMILES string of the molecule is CNC(=N)c1cccc(C2=Cc3c(-c4ccccc4OC)c[nH]c3NC2)c1. The Kier molecular flexibility index (Phi) is 4.42. The molecule has 3 aromatic rings. The highest BCUT2D eigenvalue weighted by atomic mass is 16.5. The van der Waals surface area contributed by atoms with Gasteiger partial charge in [0.25, 0.3) is 0 Å². The van der Waals surface area contributed by atoms with Gasteiger partial charge in [0.15, 0.2) is 0 Å². The Hall–Kier alpha value is -3.47. The zero-order chi connectivity index (χ0) is 18.8. The van der Waals surface area contributed by atoms with Gasteiger partial charge >= 0.3 is 0 Å². The monoisotopic (exact) mass is 358 g/mol. The highest BCUT2D eigenvalue weighted by Crippen LogP contribution is 2.39. The maximum Gasteiger partial charge on any atom is 0.126 e. The minimum absolute atomic E-state index is 0.415. The molecule has 0 fully saturated rings. The molecule has 0 atom stereocenters. The number of ether oxygens (including phenoxy) is 1. The van der Waals surface area contributed by atoms with E-state index in [0.29, 0.717) is 5.84 Å². The molecule has 1 aliphatic rings. The molecule has 27 heavy (non-hydrogen) atoms. The molecule has 5 heteroatoms. The molecule has 0 amide bonds. The van der Waals surface area contributed by atoms with Crippen LogP contribution in [0, 0.1) is 5.41 Å². The highest BCUT2D eigenvalue weighted by Gasteiger charge is 2.19. The normalized spacial score (nSPS) is 12.6. The lowest BCUT2D eigenvalue weighted by molar-refractivity contribution is 0.416. The van der Waals surface area contributed by atoms with Crippen molar-refractivity contribution in [2.45, 2.75) is 0 Å². The van der Waals surface area contributed by atoms with Crippen LogP contribution in [0.2, 0.25) is 0 Å². The van der Waals surface area contributed by atoms with E-state index in [1.807, 2.05) is 42.6 Å². The van der Waals surface area contributed by atoms with Gasteiger partial charge in [-0.25, -0.2) is 0 Å². The summed E-state index contributed by atoms with van der Waals surface area (Å²) < 4.78 is 5.54. The number of para-hydroxylation sites is 1. The van der Waals surface area contributed by atoms with Gasteiger partial charge in [0.1, 0.15) is 17.4 Å². The van der Waals surface area contributed by atoms with Crippen molar-refractivity contribution in [2.75, 3.05) is 26.0 Å². The van der Waals surface area contributed by atoms with Crippen LogP contribution >= 0.6 is 0 Å². The number of fused-ring (bicyclic) bond motifs is 1. The molecule has 0 aliphatic carbocycles. The summed E-state index contributed by atoms with van der Waals surface area (Å²) in [6.45, 7) is 0.731. The third-order valence-electron chi connectivity index (χ3n) is 4.86.